The second kappa shape index (κ2) is 7.51. The molecule has 0 bridgehead atoms. The first-order valence-corrected chi connectivity index (χ1v) is 8.78. The van der Waals surface area contributed by atoms with Crippen LogP contribution in [0.1, 0.15) is 54.7 Å². The average molecular weight is 327 g/mol. The summed E-state index contributed by atoms with van der Waals surface area (Å²) < 4.78 is 2.24. The highest BCUT2D eigenvalue weighted by atomic mass is 16.3. The predicted molar refractivity (Wildman–Crippen MR) is 93.1 cm³/mol. The summed E-state index contributed by atoms with van der Waals surface area (Å²) in [6.07, 6.45) is 8.29. The molecule has 2 heterocycles. The van der Waals surface area contributed by atoms with E-state index in [1.807, 2.05) is 17.3 Å². The maximum Gasteiger partial charge on any atom is 0.253 e. The lowest BCUT2D eigenvalue weighted by Gasteiger charge is -2.32. The SMILES string of the molecule is CCCCn1ccnc1[C@@H]1CCCN(C(=O)c2ccc(O)cc2)C1. The molecular weight excluding hydrogens is 302 g/mol. The molecular formula is C19H25N3O2. The van der Waals surface area contributed by atoms with E-state index in [1.165, 1.54) is 0 Å². The maximum absolute atomic E-state index is 12.7. The van der Waals surface area contributed by atoms with E-state index in [2.05, 4.69) is 16.5 Å². The second-order valence-electron chi connectivity index (χ2n) is 6.47. The van der Waals surface area contributed by atoms with Gasteiger partial charge in [0.05, 0.1) is 0 Å². The number of benzene rings is 1. The van der Waals surface area contributed by atoms with Crippen molar-refractivity contribution in [1.82, 2.24) is 14.5 Å². The minimum atomic E-state index is 0.0337. The summed E-state index contributed by atoms with van der Waals surface area (Å²) in [4.78, 5) is 19.2. The molecule has 1 aromatic heterocycles. The molecule has 0 radical (unpaired) electrons. The molecule has 0 saturated carbocycles. The normalized spacial score (nSPS) is 17.9. The number of aromatic nitrogens is 2. The van der Waals surface area contributed by atoms with Crippen molar-refractivity contribution >= 4 is 5.91 Å². The van der Waals surface area contributed by atoms with E-state index in [0.717, 1.165) is 44.6 Å². The van der Waals surface area contributed by atoms with E-state index in [1.54, 1.807) is 24.3 Å². The van der Waals surface area contributed by atoms with E-state index in [4.69, 9.17) is 0 Å². The lowest BCUT2D eigenvalue weighted by molar-refractivity contribution is 0.0703. The molecule has 1 fully saturated rings. The highest BCUT2D eigenvalue weighted by Gasteiger charge is 2.27. The van der Waals surface area contributed by atoms with Crippen molar-refractivity contribution in [3.05, 3.63) is 48.0 Å². The average Bonchev–Trinajstić information content (AvgIpc) is 3.08. The molecule has 5 nitrogen and oxygen atoms in total. The topological polar surface area (TPSA) is 58.4 Å². The first-order chi connectivity index (χ1) is 11.7. The van der Waals surface area contributed by atoms with Crippen molar-refractivity contribution in [2.45, 2.75) is 45.1 Å². The Morgan fingerprint density at radius 1 is 1.33 bits per heavy atom. The highest BCUT2D eigenvalue weighted by molar-refractivity contribution is 5.94. The van der Waals surface area contributed by atoms with Crippen molar-refractivity contribution in [3.63, 3.8) is 0 Å². The largest absolute Gasteiger partial charge is 0.508 e. The number of piperidine rings is 1. The van der Waals surface area contributed by atoms with Gasteiger partial charge in [0.15, 0.2) is 0 Å². The van der Waals surface area contributed by atoms with Crippen LogP contribution in [0.15, 0.2) is 36.7 Å². The van der Waals surface area contributed by atoms with E-state index in [-0.39, 0.29) is 11.7 Å². The molecule has 0 unspecified atom stereocenters. The quantitative estimate of drug-likeness (QED) is 0.915. The van der Waals surface area contributed by atoms with Crippen LogP contribution in [0.5, 0.6) is 5.75 Å². The van der Waals surface area contributed by atoms with Gasteiger partial charge in [0, 0.05) is 43.5 Å². The van der Waals surface area contributed by atoms with E-state index in [0.29, 0.717) is 18.0 Å². The van der Waals surface area contributed by atoms with Crippen molar-refractivity contribution in [1.29, 1.82) is 0 Å². The van der Waals surface area contributed by atoms with Crippen LogP contribution in [0.2, 0.25) is 0 Å². The number of hydrogen-bond acceptors (Lipinski definition) is 3. The fourth-order valence-electron chi connectivity index (χ4n) is 3.36. The van der Waals surface area contributed by atoms with Crippen molar-refractivity contribution in [2.75, 3.05) is 13.1 Å². The Morgan fingerprint density at radius 3 is 2.88 bits per heavy atom. The Bertz CT molecular complexity index is 678. The van der Waals surface area contributed by atoms with Gasteiger partial charge in [0.25, 0.3) is 5.91 Å². The summed E-state index contributed by atoms with van der Waals surface area (Å²) in [6, 6.07) is 6.49. The summed E-state index contributed by atoms with van der Waals surface area (Å²) in [7, 11) is 0. The number of phenols is 1. The van der Waals surface area contributed by atoms with Crippen LogP contribution in [0.4, 0.5) is 0 Å². The number of amides is 1. The van der Waals surface area contributed by atoms with E-state index < -0.39 is 0 Å². The molecule has 0 aliphatic carbocycles. The molecule has 1 aliphatic rings. The number of aryl methyl sites for hydroxylation is 1. The smallest absolute Gasteiger partial charge is 0.253 e. The number of hydrogen-bond donors (Lipinski definition) is 1. The number of carbonyl (C=O) groups excluding carboxylic acids is 1. The number of imidazole rings is 1. The zero-order chi connectivity index (χ0) is 16.9. The number of aromatic hydroxyl groups is 1. The number of rotatable bonds is 5. The molecule has 0 spiro atoms. The summed E-state index contributed by atoms with van der Waals surface area (Å²) in [5, 5.41) is 9.38. The number of phenolic OH excluding ortho intramolecular Hbond substituents is 1. The fourth-order valence-corrected chi connectivity index (χ4v) is 3.36. The third-order valence-electron chi connectivity index (χ3n) is 4.69. The Hall–Kier alpha value is -2.30. The predicted octanol–water partition coefficient (Wildman–Crippen LogP) is 3.41. The third kappa shape index (κ3) is 3.61. The second-order valence-corrected chi connectivity index (χ2v) is 6.47. The molecule has 24 heavy (non-hydrogen) atoms. The number of nitrogens with zero attached hydrogens (tertiary/aromatic N) is 3. The lowest BCUT2D eigenvalue weighted by atomic mass is 9.96. The molecule has 1 aliphatic heterocycles. The van der Waals surface area contributed by atoms with Crippen molar-refractivity contribution in [2.24, 2.45) is 0 Å². The summed E-state index contributed by atoms with van der Waals surface area (Å²) in [6.45, 7) is 4.68. The van der Waals surface area contributed by atoms with Crippen LogP contribution in [0.25, 0.3) is 0 Å². The van der Waals surface area contributed by atoms with Crippen LogP contribution in [-0.4, -0.2) is 38.6 Å². The lowest BCUT2D eigenvalue weighted by Crippen LogP contribution is -2.39. The minimum Gasteiger partial charge on any atom is -0.508 e. The molecule has 5 heteroatoms. The summed E-state index contributed by atoms with van der Waals surface area (Å²) in [5.41, 5.74) is 0.628. The molecule has 3 rings (SSSR count). The Labute approximate surface area is 142 Å². The highest BCUT2D eigenvalue weighted by Crippen LogP contribution is 2.27. The maximum atomic E-state index is 12.7. The van der Waals surface area contributed by atoms with Crippen LogP contribution >= 0.6 is 0 Å². The first kappa shape index (κ1) is 16.6. The van der Waals surface area contributed by atoms with Crippen LogP contribution < -0.4 is 0 Å². The summed E-state index contributed by atoms with van der Waals surface area (Å²) >= 11 is 0. The van der Waals surface area contributed by atoms with Crippen molar-refractivity contribution < 1.29 is 9.90 Å². The molecule has 1 N–H and O–H groups in total. The van der Waals surface area contributed by atoms with Gasteiger partial charge in [-0.25, -0.2) is 4.98 Å². The van der Waals surface area contributed by atoms with Gasteiger partial charge in [0.1, 0.15) is 11.6 Å². The number of likely N-dealkylation sites (tertiary alicyclic amines) is 1. The van der Waals surface area contributed by atoms with Gasteiger partial charge in [-0.1, -0.05) is 13.3 Å². The Kier molecular flexibility index (Phi) is 5.18. The molecule has 1 amide bonds. The molecule has 1 atom stereocenters. The number of unbranched alkanes of at least 4 members (excludes halogenated alkanes) is 1. The van der Waals surface area contributed by atoms with Gasteiger partial charge in [-0.15, -0.1) is 0 Å². The monoisotopic (exact) mass is 327 g/mol. The number of carbonyl (C=O) groups is 1. The fraction of sp³-hybridized carbons (Fsp3) is 0.474. The van der Waals surface area contributed by atoms with Gasteiger partial charge in [-0.3, -0.25) is 4.79 Å². The van der Waals surface area contributed by atoms with Gasteiger partial charge in [0.2, 0.25) is 0 Å². The van der Waals surface area contributed by atoms with E-state index >= 15 is 0 Å². The molecule has 128 valence electrons. The Morgan fingerprint density at radius 2 is 2.12 bits per heavy atom. The van der Waals surface area contributed by atoms with Crippen LogP contribution in [0, 0.1) is 0 Å². The zero-order valence-electron chi connectivity index (χ0n) is 14.2. The van der Waals surface area contributed by atoms with Gasteiger partial charge in [-0.05, 0) is 43.5 Å². The summed E-state index contributed by atoms with van der Waals surface area (Å²) in [5.74, 6) is 1.62. The van der Waals surface area contributed by atoms with Gasteiger partial charge < -0.3 is 14.6 Å². The standard InChI is InChI=1S/C19H25N3O2/c1-2-3-11-21-13-10-20-18(21)16-5-4-12-22(14-16)19(24)15-6-8-17(23)9-7-15/h6-10,13,16,23H,2-5,11-12,14H2,1H3/t16-/m1/s1. The van der Waals surface area contributed by atoms with Gasteiger partial charge >= 0.3 is 0 Å². The van der Waals surface area contributed by atoms with Crippen molar-refractivity contribution in [3.8, 4) is 5.75 Å². The molecule has 1 aromatic carbocycles. The third-order valence-corrected chi connectivity index (χ3v) is 4.69. The zero-order valence-corrected chi connectivity index (χ0v) is 14.2. The van der Waals surface area contributed by atoms with Crippen LogP contribution in [-0.2, 0) is 6.54 Å². The molecule has 1 saturated heterocycles. The van der Waals surface area contributed by atoms with E-state index in [9.17, 15) is 9.90 Å². The van der Waals surface area contributed by atoms with Gasteiger partial charge in [-0.2, -0.15) is 0 Å². The first-order valence-electron chi connectivity index (χ1n) is 8.78. The molecule has 2 aromatic rings. The van der Waals surface area contributed by atoms with Crippen LogP contribution in [0.3, 0.4) is 0 Å². The minimum absolute atomic E-state index is 0.0337. The Balaban J connectivity index is 1.71.